The van der Waals surface area contributed by atoms with Crippen molar-refractivity contribution in [3.8, 4) is 11.5 Å². The normalized spacial score (nSPS) is 20.5. The Balaban J connectivity index is 1.36. The second-order valence-corrected chi connectivity index (χ2v) is 8.06. The first kappa shape index (κ1) is 22.1. The number of amides is 1. The van der Waals surface area contributed by atoms with E-state index in [1.807, 2.05) is 0 Å². The van der Waals surface area contributed by atoms with Crippen molar-refractivity contribution in [2.75, 3.05) is 24.5 Å². The number of benzene rings is 2. The van der Waals surface area contributed by atoms with E-state index in [1.165, 1.54) is 35.2 Å². The van der Waals surface area contributed by atoms with Gasteiger partial charge in [0.1, 0.15) is 11.5 Å². The van der Waals surface area contributed by atoms with Gasteiger partial charge in [0.05, 0.1) is 6.04 Å². The SMILES string of the molecule is O=C(c1ccc(O)cc1)C1CCN(C2CCN(c3cccc(OC(F)(F)F)c3)C2=O)CC1. The first-order valence-electron chi connectivity index (χ1n) is 10.5. The predicted molar refractivity (Wildman–Crippen MR) is 111 cm³/mol. The predicted octanol–water partition coefficient (Wildman–Crippen LogP) is 3.99. The lowest BCUT2D eigenvalue weighted by molar-refractivity contribution is -0.274. The Morgan fingerprint density at radius 2 is 1.69 bits per heavy atom. The van der Waals surface area contributed by atoms with Crippen LogP contribution in [0.2, 0.25) is 0 Å². The number of carbonyl (C=O) groups is 2. The molecule has 2 fully saturated rings. The minimum absolute atomic E-state index is 0.0329. The number of anilines is 1. The highest BCUT2D eigenvalue weighted by Gasteiger charge is 2.39. The minimum atomic E-state index is -4.79. The molecule has 6 nitrogen and oxygen atoms in total. The van der Waals surface area contributed by atoms with Crippen molar-refractivity contribution in [3.63, 3.8) is 0 Å². The molecular weight excluding hydrogens is 425 g/mol. The number of aromatic hydroxyl groups is 1. The Labute approximate surface area is 183 Å². The number of rotatable bonds is 5. The van der Waals surface area contributed by atoms with E-state index in [2.05, 4.69) is 9.64 Å². The molecule has 2 aliphatic rings. The molecule has 0 bridgehead atoms. The van der Waals surface area contributed by atoms with E-state index in [9.17, 15) is 27.9 Å². The van der Waals surface area contributed by atoms with Gasteiger partial charge in [0.2, 0.25) is 5.91 Å². The highest BCUT2D eigenvalue weighted by molar-refractivity contribution is 6.00. The summed E-state index contributed by atoms with van der Waals surface area (Å²) in [6, 6.07) is 11.3. The molecule has 2 aliphatic heterocycles. The Kier molecular flexibility index (Phi) is 6.10. The monoisotopic (exact) mass is 448 g/mol. The molecule has 2 heterocycles. The van der Waals surface area contributed by atoms with Crippen LogP contribution in [-0.4, -0.2) is 53.7 Å². The summed E-state index contributed by atoms with van der Waals surface area (Å²) in [6.07, 6.45) is -2.98. The van der Waals surface area contributed by atoms with Crippen LogP contribution in [0.3, 0.4) is 0 Å². The molecule has 1 N–H and O–H groups in total. The fraction of sp³-hybridized carbons (Fsp3) is 0.391. The van der Waals surface area contributed by atoms with Crippen LogP contribution < -0.4 is 9.64 Å². The Bertz CT molecular complexity index is 985. The van der Waals surface area contributed by atoms with Gasteiger partial charge in [0.25, 0.3) is 0 Å². The number of piperidine rings is 1. The van der Waals surface area contributed by atoms with Crippen molar-refractivity contribution in [1.29, 1.82) is 0 Å². The molecule has 9 heteroatoms. The third kappa shape index (κ3) is 4.88. The van der Waals surface area contributed by atoms with Crippen molar-refractivity contribution in [1.82, 2.24) is 4.90 Å². The van der Waals surface area contributed by atoms with Gasteiger partial charge in [-0.3, -0.25) is 14.5 Å². The van der Waals surface area contributed by atoms with Crippen LogP contribution in [0, 0.1) is 5.92 Å². The van der Waals surface area contributed by atoms with Gasteiger partial charge < -0.3 is 14.7 Å². The number of ketones is 1. The molecule has 2 aromatic rings. The second kappa shape index (κ2) is 8.82. The van der Waals surface area contributed by atoms with Gasteiger partial charge in [-0.05, 0) is 68.8 Å². The lowest BCUT2D eigenvalue weighted by atomic mass is 9.88. The number of carbonyl (C=O) groups excluding carboxylic acids is 2. The summed E-state index contributed by atoms with van der Waals surface area (Å²) >= 11 is 0. The van der Waals surface area contributed by atoms with Crippen molar-refractivity contribution in [2.24, 2.45) is 5.92 Å². The van der Waals surface area contributed by atoms with Gasteiger partial charge >= 0.3 is 6.36 Å². The molecule has 0 aliphatic carbocycles. The quantitative estimate of drug-likeness (QED) is 0.701. The van der Waals surface area contributed by atoms with E-state index in [0.717, 1.165) is 0 Å². The zero-order valence-corrected chi connectivity index (χ0v) is 17.2. The maximum Gasteiger partial charge on any atom is 0.573 e. The number of ether oxygens (including phenoxy) is 1. The number of alkyl halides is 3. The number of likely N-dealkylation sites (tertiary alicyclic amines) is 1. The zero-order chi connectivity index (χ0) is 22.9. The standard InChI is InChI=1S/C23H23F3N2O4/c24-23(25,26)32-19-3-1-2-17(14-19)28-13-10-20(22(28)31)27-11-8-16(9-12-27)21(30)15-4-6-18(29)7-5-15/h1-7,14,16,20,29H,8-13H2. The molecule has 0 saturated carbocycles. The number of hydrogen-bond acceptors (Lipinski definition) is 5. The molecule has 1 atom stereocenters. The molecule has 1 amide bonds. The topological polar surface area (TPSA) is 70.1 Å². The first-order chi connectivity index (χ1) is 15.2. The Morgan fingerprint density at radius 3 is 2.34 bits per heavy atom. The molecule has 2 saturated heterocycles. The van der Waals surface area contributed by atoms with Crippen LogP contribution in [0.25, 0.3) is 0 Å². The maximum atomic E-state index is 13.0. The zero-order valence-electron chi connectivity index (χ0n) is 17.2. The highest BCUT2D eigenvalue weighted by Crippen LogP contribution is 2.32. The summed E-state index contributed by atoms with van der Waals surface area (Å²) < 4.78 is 41.5. The van der Waals surface area contributed by atoms with E-state index >= 15 is 0 Å². The first-order valence-corrected chi connectivity index (χ1v) is 10.5. The summed E-state index contributed by atoms with van der Waals surface area (Å²) in [5, 5.41) is 9.39. The van der Waals surface area contributed by atoms with Crippen molar-refractivity contribution >= 4 is 17.4 Å². The summed E-state index contributed by atoms with van der Waals surface area (Å²) in [4.78, 5) is 29.2. The largest absolute Gasteiger partial charge is 0.573 e. The lowest BCUT2D eigenvalue weighted by Crippen LogP contribution is -2.46. The van der Waals surface area contributed by atoms with Crippen molar-refractivity contribution in [3.05, 3.63) is 54.1 Å². The van der Waals surface area contributed by atoms with Crippen LogP contribution in [0.4, 0.5) is 18.9 Å². The Hall–Kier alpha value is -3.07. The van der Waals surface area contributed by atoms with E-state index in [4.69, 9.17) is 0 Å². The van der Waals surface area contributed by atoms with Crippen LogP contribution in [0.5, 0.6) is 11.5 Å². The molecule has 1 unspecified atom stereocenters. The van der Waals surface area contributed by atoms with E-state index in [1.54, 1.807) is 18.2 Å². The number of phenolic OH excluding ortho intramolecular Hbond substituents is 1. The molecule has 4 rings (SSSR count). The minimum Gasteiger partial charge on any atom is -0.508 e. The summed E-state index contributed by atoms with van der Waals surface area (Å²) in [6.45, 7) is 1.59. The molecule has 2 aromatic carbocycles. The van der Waals surface area contributed by atoms with Crippen molar-refractivity contribution in [2.45, 2.75) is 31.7 Å². The molecule has 32 heavy (non-hydrogen) atoms. The fourth-order valence-corrected chi connectivity index (χ4v) is 4.44. The highest BCUT2D eigenvalue weighted by atomic mass is 19.4. The van der Waals surface area contributed by atoms with E-state index < -0.39 is 6.36 Å². The number of halogens is 3. The molecular formula is C23H23F3N2O4. The van der Waals surface area contributed by atoms with Gasteiger partial charge in [-0.25, -0.2) is 0 Å². The van der Waals surface area contributed by atoms with Crippen LogP contribution in [-0.2, 0) is 4.79 Å². The Morgan fingerprint density at radius 1 is 1.00 bits per heavy atom. The van der Waals surface area contributed by atoms with Crippen LogP contribution in [0.1, 0.15) is 29.6 Å². The maximum absolute atomic E-state index is 13.0. The molecule has 170 valence electrons. The van der Waals surface area contributed by atoms with Gasteiger partial charge in [0.15, 0.2) is 5.78 Å². The average molecular weight is 448 g/mol. The number of nitrogens with zero attached hydrogens (tertiary/aromatic N) is 2. The number of phenols is 1. The van der Waals surface area contributed by atoms with Gasteiger partial charge in [0, 0.05) is 29.8 Å². The molecule has 0 spiro atoms. The number of hydrogen-bond donors (Lipinski definition) is 1. The van der Waals surface area contributed by atoms with Gasteiger partial charge in [-0.1, -0.05) is 6.07 Å². The fourth-order valence-electron chi connectivity index (χ4n) is 4.44. The van der Waals surface area contributed by atoms with Gasteiger partial charge in [-0.2, -0.15) is 0 Å². The van der Waals surface area contributed by atoms with Crippen molar-refractivity contribution < 1.29 is 32.6 Å². The van der Waals surface area contributed by atoms with E-state index in [0.29, 0.717) is 50.1 Å². The van der Waals surface area contributed by atoms with Crippen LogP contribution >= 0.6 is 0 Å². The summed E-state index contributed by atoms with van der Waals surface area (Å²) in [5.74, 6) is -0.515. The number of Topliss-reactive ketones (excluding diaryl/α,β-unsaturated/α-hetero) is 1. The smallest absolute Gasteiger partial charge is 0.508 e. The van der Waals surface area contributed by atoms with Gasteiger partial charge in [-0.15, -0.1) is 13.2 Å². The third-order valence-corrected chi connectivity index (χ3v) is 6.03. The molecule has 0 radical (unpaired) electrons. The second-order valence-electron chi connectivity index (χ2n) is 8.06. The summed E-state index contributed by atoms with van der Waals surface area (Å²) in [5.41, 5.74) is 0.932. The molecule has 0 aromatic heterocycles. The lowest BCUT2D eigenvalue weighted by Gasteiger charge is -2.34. The van der Waals surface area contributed by atoms with Crippen LogP contribution in [0.15, 0.2) is 48.5 Å². The summed E-state index contributed by atoms with van der Waals surface area (Å²) in [7, 11) is 0. The average Bonchev–Trinajstić information content (AvgIpc) is 3.14. The third-order valence-electron chi connectivity index (χ3n) is 6.03. The van der Waals surface area contributed by atoms with E-state index in [-0.39, 0.29) is 35.1 Å².